The van der Waals surface area contributed by atoms with Crippen LogP contribution in [0.2, 0.25) is 0 Å². The molecular weight excluding hydrogens is 294 g/mol. The van der Waals surface area contributed by atoms with E-state index >= 15 is 0 Å². The minimum Gasteiger partial charge on any atom is -0.484 e. The first-order chi connectivity index (χ1) is 11.1. The summed E-state index contributed by atoms with van der Waals surface area (Å²) in [4.78, 5) is 25.4. The van der Waals surface area contributed by atoms with Gasteiger partial charge in [-0.1, -0.05) is 12.1 Å². The Morgan fingerprint density at radius 2 is 2.00 bits per heavy atom. The van der Waals surface area contributed by atoms with Gasteiger partial charge in [0.05, 0.1) is 0 Å². The number of nitrogens with zero attached hydrogens (tertiary/aromatic N) is 1. The third-order valence-corrected chi connectivity index (χ3v) is 4.13. The standard InChI is InChI=1S/C18H25NO4/c1-3-22-12-15-7-9-19(10-8-15)18(21)13-23-17-6-4-5-16(11-17)14(2)20/h4-6,11,15H,3,7-10,12-13H2,1-2H3. The first kappa shape index (κ1) is 17.5. The molecule has 1 fully saturated rings. The Hall–Kier alpha value is -1.88. The molecule has 1 heterocycles. The summed E-state index contributed by atoms with van der Waals surface area (Å²) in [5.41, 5.74) is 0.590. The monoisotopic (exact) mass is 319 g/mol. The Labute approximate surface area is 137 Å². The third-order valence-electron chi connectivity index (χ3n) is 4.13. The normalized spacial score (nSPS) is 15.5. The molecule has 0 saturated carbocycles. The Morgan fingerprint density at radius 3 is 2.65 bits per heavy atom. The van der Waals surface area contributed by atoms with Crippen molar-refractivity contribution < 1.29 is 19.1 Å². The zero-order valence-electron chi connectivity index (χ0n) is 13.9. The predicted octanol–water partition coefficient (Wildman–Crippen LogP) is 2.54. The number of ketones is 1. The summed E-state index contributed by atoms with van der Waals surface area (Å²) >= 11 is 0. The molecule has 1 aliphatic rings. The van der Waals surface area contributed by atoms with E-state index < -0.39 is 0 Å². The number of Topliss-reactive ketones (excluding diaryl/α,β-unsaturated/α-hetero) is 1. The first-order valence-corrected chi connectivity index (χ1v) is 8.19. The molecule has 1 amide bonds. The number of rotatable bonds is 7. The Kier molecular flexibility index (Phi) is 6.59. The molecule has 1 saturated heterocycles. The lowest BCUT2D eigenvalue weighted by atomic mass is 9.98. The van der Waals surface area contributed by atoms with Gasteiger partial charge < -0.3 is 14.4 Å². The van der Waals surface area contributed by atoms with Crippen molar-refractivity contribution in [3.8, 4) is 5.75 Å². The van der Waals surface area contributed by atoms with E-state index in [0.29, 0.717) is 17.2 Å². The van der Waals surface area contributed by atoms with Gasteiger partial charge in [0.2, 0.25) is 0 Å². The van der Waals surface area contributed by atoms with E-state index in [1.165, 1.54) is 6.92 Å². The second kappa shape index (κ2) is 8.67. The van der Waals surface area contributed by atoms with Crippen LogP contribution in [0.4, 0.5) is 0 Å². The van der Waals surface area contributed by atoms with Crippen molar-refractivity contribution in [2.75, 3.05) is 32.9 Å². The van der Waals surface area contributed by atoms with E-state index in [-0.39, 0.29) is 18.3 Å². The van der Waals surface area contributed by atoms with Crippen molar-refractivity contribution in [3.63, 3.8) is 0 Å². The van der Waals surface area contributed by atoms with E-state index in [0.717, 1.165) is 39.1 Å². The second-order valence-corrected chi connectivity index (χ2v) is 5.86. The van der Waals surface area contributed by atoms with Gasteiger partial charge in [-0.3, -0.25) is 9.59 Å². The smallest absolute Gasteiger partial charge is 0.260 e. The van der Waals surface area contributed by atoms with E-state index in [9.17, 15) is 9.59 Å². The van der Waals surface area contributed by atoms with Gasteiger partial charge in [-0.25, -0.2) is 0 Å². The molecule has 1 aliphatic heterocycles. The summed E-state index contributed by atoms with van der Waals surface area (Å²) in [7, 11) is 0. The average Bonchev–Trinajstić information content (AvgIpc) is 2.58. The van der Waals surface area contributed by atoms with E-state index in [1.54, 1.807) is 24.3 Å². The molecule has 23 heavy (non-hydrogen) atoms. The zero-order chi connectivity index (χ0) is 16.7. The van der Waals surface area contributed by atoms with Crippen molar-refractivity contribution in [1.29, 1.82) is 0 Å². The number of hydrogen-bond acceptors (Lipinski definition) is 4. The SMILES string of the molecule is CCOCC1CCN(C(=O)COc2cccc(C(C)=O)c2)CC1. The quantitative estimate of drug-likeness (QED) is 0.725. The molecule has 0 aromatic heterocycles. The summed E-state index contributed by atoms with van der Waals surface area (Å²) in [5.74, 6) is 1.08. The number of carbonyl (C=O) groups is 2. The van der Waals surface area contributed by atoms with Crippen LogP contribution >= 0.6 is 0 Å². The van der Waals surface area contributed by atoms with Gasteiger partial charge in [-0.2, -0.15) is 0 Å². The highest BCUT2D eigenvalue weighted by Gasteiger charge is 2.23. The van der Waals surface area contributed by atoms with Gasteiger partial charge in [0, 0.05) is 31.9 Å². The molecule has 0 unspecified atom stereocenters. The fourth-order valence-corrected chi connectivity index (χ4v) is 2.67. The van der Waals surface area contributed by atoms with Crippen molar-refractivity contribution >= 4 is 11.7 Å². The fourth-order valence-electron chi connectivity index (χ4n) is 2.67. The van der Waals surface area contributed by atoms with Crippen LogP contribution in [0.5, 0.6) is 5.75 Å². The van der Waals surface area contributed by atoms with E-state index in [1.807, 2.05) is 11.8 Å². The summed E-state index contributed by atoms with van der Waals surface area (Å²) in [6, 6.07) is 6.92. The molecule has 0 atom stereocenters. The number of carbonyl (C=O) groups excluding carboxylic acids is 2. The van der Waals surface area contributed by atoms with Crippen LogP contribution in [0.3, 0.4) is 0 Å². The summed E-state index contributed by atoms with van der Waals surface area (Å²) in [6.45, 7) is 6.56. The number of likely N-dealkylation sites (tertiary alicyclic amines) is 1. The lowest BCUT2D eigenvalue weighted by Crippen LogP contribution is -2.41. The Bertz CT molecular complexity index is 536. The number of piperidine rings is 1. The minimum absolute atomic E-state index is 0.00640. The van der Waals surface area contributed by atoms with Gasteiger partial charge in [0.15, 0.2) is 12.4 Å². The molecule has 0 bridgehead atoms. The largest absolute Gasteiger partial charge is 0.484 e. The molecule has 0 aliphatic carbocycles. The van der Waals surface area contributed by atoms with Gasteiger partial charge in [-0.15, -0.1) is 0 Å². The molecule has 1 aromatic carbocycles. The van der Waals surface area contributed by atoms with Crippen molar-refractivity contribution in [3.05, 3.63) is 29.8 Å². The molecular formula is C18H25NO4. The van der Waals surface area contributed by atoms with E-state index in [2.05, 4.69) is 0 Å². The highest BCUT2D eigenvalue weighted by molar-refractivity contribution is 5.94. The minimum atomic E-state index is -0.0156. The van der Waals surface area contributed by atoms with Crippen molar-refractivity contribution in [1.82, 2.24) is 4.90 Å². The predicted molar refractivity (Wildman–Crippen MR) is 87.7 cm³/mol. The first-order valence-electron chi connectivity index (χ1n) is 8.19. The second-order valence-electron chi connectivity index (χ2n) is 5.86. The molecule has 5 heteroatoms. The summed E-state index contributed by atoms with van der Waals surface area (Å²) < 4.78 is 11.0. The molecule has 126 valence electrons. The Morgan fingerprint density at radius 1 is 1.26 bits per heavy atom. The number of hydrogen-bond donors (Lipinski definition) is 0. The van der Waals surface area contributed by atoms with E-state index in [4.69, 9.17) is 9.47 Å². The molecule has 0 N–H and O–H groups in total. The number of benzene rings is 1. The van der Waals surface area contributed by atoms with Crippen LogP contribution < -0.4 is 4.74 Å². The molecule has 0 radical (unpaired) electrons. The van der Waals surface area contributed by atoms with Crippen molar-refractivity contribution in [2.24, 2.45) is 5.92 Å². The highest BCUT2D eigenvalue weighted by Crippen LogP contribution is 2.18. The van der Waals surface area contributed by atoms with Crippen LogP contribution in [0.25, 0.3) is 0 Å². The molecule has 5 nitrogen and oxygen atoms in total. The van der Waals surface area contributed by atoms with Crippen LogP contribution in [0.15, 0.2) is 24.3 Å². The summed E-state index contributed by atoms with van der Waals surface area (Å²) in [6.07, 6.45) is 1.96. The number of ether oxygens (including phenoxy) is 2. The molecule has 1 aromatic rings. The van der Waals surface area contributed by atoms with Gasteiger partial charge in [-0.05, 0) is 44.7 Å². The zero-order valence-corrected chi connectivity index (χ0v) is 13.9. The van der Waals surface area contributed by atoms with Gasteiger partial charge in [0.25, 0.3) is 5.91 Å². The van der Waals surface area contributed by atoms with Gasteiger partial charge >= 0.3 is 0 Å². The highest BCUT2D eigenvalue weighted by atomic mass is 16.5. The maximum atomic E-state index is 12.2. The van der Waals surface area contributed by atoms with Crippen molar-refractivity contribution in [2.45, 2.75) is 26.7 Å². The average molecular weight is 319 g/mol. The topological polar surface area (TPSA) is 55.8 Å². The van der Waals surface area contributed by atoms with Crippen LogP contribution in [0.1, 0.15) is 37.0 Å². The van der Waals surface area contributed by atoms with Crippen LogP contribution in [0, 0.1) is 5.92 Å². The van der Waals surface area contributed by atoms with Gasteiger partial charge in [0.1, 0.15) is 5.75 Å². The number of amides is 1. The van der Waals surface area contributed by atoms with Crippen LogP contribution in [-0.2, 0) is 9.53 Å². The fraction of sp³-hybridized carbons (Fsp3) is 0.556. The Balaban J connectivity index is 1.77. The lowest BCUT2D eigenvalue weighted by Gasteiger charge is -2.31. The summed E-state index contributed by atoms with van der Waals surface area (Å²) in [5, 5.41) is 0. The lowest BCUT2D eigenvalue weighted by molar-refractivity contribution is -0.135. The maximum absolute atomic E-state index is 12.2. The molecule has 2 rings (SSSR count). The third kappa shape index (κ3) is 5.36. The maximum Gasteiger partial charge on any atom is 0.260 e. The molecule has 0 spiro atoms. The van der Waals surface area contributed by atoms with Crippen LogP contribution in [-0.4, -0.2) is 49.5 Å².